The van der Waals surface area contributed by atoms with Crippen LogP contribution in [0.25, 0.3) is 0 Å². The molecule has 1 aliphatic rings. The highest BCUT2D eigenvalue weighted by Gasteiger charge is 2.23. The van der Waals surface area contributed by atoms with Crippen molar-refractivity contribution in [2.45, 2.75) is 6.04 Å². The second kappa shape index (κ2) is 6.71. The van der Waals surface area contributed by atoms with Crippen LogP contribution < -0.4 is 21.3 Å². The molecule has 1 aromatic rings. The number of rotatable bonds is 3. The van der Waals surface area contributed by atoms with Gasteiger partial charge in [0.05, 0.1) is 13.7 Å². The zero-order valence-corrected chi connectivity index (χ0v) is 11.4. The molecule has 21 heavy (non-hydrogen) atoms. The first-order chi connectivity index (χ1) is 10.1. The SMILES string of the molecule is COC(=O)Nc1cccc(NC(=O)C2CNC(=O)CN2)c1. The summed E-state index contributed by atoms with van der Waals surface area (Å²) in [5.41, 5.74) is 1.04. The molecule has 0 spiro atoms. The van der Waals surface area contributed by atoms with Gasteiger partial charge in [-0.25, -0.2) is 4.79 Å². The molecule has 0 aliphatic carbocycles. The van der Waals surface area contributed by atoms with Gasteiger partial charge in [0.1, 0.15) is 6.04 Å². The lowest BCUT2D eigenvalue weighted by Crippen LogP contribution is -2.56. The van der Waals surface area contributed by atoms with Crippen LogP contribution in [0.1, 0.15) is 0 Å². The summed E-state index contributed by atoms with van der Waals surface area (Å²) in [4.78, 5) is 34.2. The van der Waals surface area contributed by atoms with Crippen LogP contribution in [0.3, 0.4) is 0 Å². The lowest BCUT2D eigenvalue weighted by Gasteiger charge is -2.23. The van der Waals surface area contributed by atoms with E-state index in [1.54, 1.807) is 24.3 Å². The number of carbonyl (C=O) groups excluding carboxylic acids is 3. The van der Waals surface area contributed by atoms with Gasteiger partial charge in [-0.05, 0) is 18.2 Å². The van der Waals surface area contributed by atoms with Crippen LogP contribution in [0.5, 0.6) is 0 Å². The molecule has 1 fully saturated rings. The first-order valence-corrected chi connectivity index (χ1v) is 6.34. The predicted molar refractivity (Wildman–Crippen MR) is 75.9 cm³/mol. The molecule has 0 radical (unpaired) electrons. The van der Waals surface area contributed by atoms with Crippen molar-refractivity contribution in [2.24, 2.45) is 0 Å². The van der Waals surface area contributed by atoms with E-state index in [9.17, 15) is 14.4 Å². The second-order valence-electron chi connectivity index (χ2n) is 4.42. The fraction of sp³-hybridized carbons (Fsp3) is 0.308. The van der Waals surface area contributed by atoms with Crippen LogP contribution in [0.4, 0.5) is 16.2 Å². The van der Waals surface area contributed by atoms with E-state index in [2.05, 4.69) is 26.0 Å². The first kappa shape index (κ1) is 14.8. The lowest BCUT2D eigenvalue weighted by atomic mass is 10.2. The Bertz CT molecular complexity index is 551. The Morgan fingerprint density at radius 1 is 1.29 bits per heavy atom. The number of hydrogen-bond acceptors (Lipinski definition) is 5. The molecule has 0 aromatic heterocycles. The Kier molecular flexibility index (Phi) is 4.72. The van der Waals surface area contributed by atoms with Crippen molar-refractivity contribution in [3.63, 3.8) is 0 Å². The van der Waals surface area contributed by atoms with Crippen molar-refractivity contribution in [1.82, 2.24) is 10.6 Å². The minimum atomic E-state index is -0.588. The molecule has 1 aromatic carbocycles. The Labute approximate surface area is 121 Å². The topological polar surface area (TPSA) is 109 Å². The van der Waals surface area contributed by atoms with Crippen LogP contribution in [0, 0.1) is 0 Å². The second-order valence-corrected chi connectivity index (χ2v) is 4.42. The molecular weight excluding hydrogens is 276 g/mol. The molecule has 1 saturated heterocycles. The van der Waals surface area contributed by atoms with Gasteiger partial charge >= 0.3 is 6.09 Å². The molecule has 2 rings (SSSR count). The summed E-state index contributed by atoms with van der Waals surface area (Å²) in [7, 11) is 1.27. The summed E-state index contributed by atoms with van der Waals surface area (Å²) < 4.78 is 4.49. The van der Waals surface area contributed by atoms with Gasteiger partial charge < -0.3 is 15.4 Å². The van der Waals surface area contributed by atoms with Gasteiger partial charge in [-0.2, -0.15) is 0 Å². The summed E-state index contributed by atoms with van der Waals surface area (Å²) >= 11 is 0. The molecule has 3 amide bonds. The minimum Gasteiger partial charge on any atom is -0.453 e. The fourth-order valence-corrected chi connectivity index (χ4v) is 1.82. The van der Waals surface area contributed by atoms with Crippen molar-refractivity contribution >= 4 is 29.3 Å². The van der Waals surface area contributed by atoms with E-state index in [1.807, 2.05) is 0 Å². The Hall–Kier alpha value is -2.61. The van der Waals surface area contributed by atoms with Gasteiger partial charge in [0.2, 0.25) is 11.8 Å². The monoisotopic (exact) mass is 292 g/mol. The van der Waals surface area contributed by atoms with E-state index in [-0.39, 0.29) is 24.9 Å². The highest BCUT2D eigenvalue weighted by Crippen LogP contribution is 2.15. The maximum atomic E-state index is 12.0. The van der Waals surface area contributed by atoms with Crippen LogP contribution in [0.2, 0.25) is 0 Å². The quantitative estimate of drug-likeness (QED) is 0.621. The van der Waals surface area contributed by atoms with Crippen molar-refractivity contribution in [2.75, 3.05) is 30.8 Å². The molecule has 0 saturated carbocycles. The maximum absolute atomic E-state index is 12.0. The summed E-state index contributed by atoms with van der Waals surface area (Å²) in [5, 5.41) is 10.7. The number of ether oxygens (including phenoxy) is 1. The predicted octanol–water partition coefficient (Wildman–Crippen LogP) is -0.109. The van der Waals surface area contributed by atoms with E-state index in [4.69, 9.17) is 0 Å². The largest absolute Gasteiger partial charge is 0.453 e. The van der Waals surface area contributed by atoms with E-state index < -0.39 is 12.1 Å². The molecule has 8 nitrogen and oxygen atoms in total. The molecule has 1 heterocycles. The van der Waals surface area contributed by atoms with E-state index in [0.717, 1.165) is 0 Å². The number of hydrogen-bond donors (Lipinski definition) is 4. The molecule has 1 atom stereocenters. The number of carbonyl (C=O) groups is 3. The first-order valence-electron chi connectivity index (χ1n) is 6.34. The summed E-state index contributed by atoms with van der Waals surface area (Å²) in [6, 6.07) is 6.18. The van der Waals surface area contributed by atoms with E-state index in [0.29, 0.717) is 11.4 Å². The number of nitrogens with one attached hydrogen (secondary N) is 4. The fourth-order valence-electron chi connectivity index (χ4n) is 1.82. The smallest absolute Gasteiger partial charge is 0.411 e. The van der Waals surface area contributed by atoms with Crippen molar-refractivity contribution in [1.29, 1.82) is 0 Å². The summed E-state index contributed by atoms with van der Waals surface area (Å²) in [6.07, 6.45) is -0.588. The molecule has 1 unspecified atom stereocenters. The number of piperazine rings is 1. The average molecular weight is 292 g/mol. The lowest BCUT2D eigenvalue weighted by molar-refractivity contribution is -0.124. The van der Waals surface area contributed by atoms with Crippen LogP contribution in [-0.2, 0) is 14.3 Å². The number of benzene rings is 1. The highest BCUT2D eigenvalue weighted by molar-refractivity contribution is 5.97. The van der Waals surface area contributed by atoms with Gasteiger partial charge in [0.15, 0.2) is 0 Å². The summed E-state index contributed by atoms with van der Waals surface area (Å²) in [5.74, 6) is -0.395. The Morgan fingerprint density at radius 2 is 2.00 bits per heavy atom. The zero-order chi connectivity index (χ0) is 15.2. The molecule has 4 N–H and O–H groups in total. The van der Waals surface area contributed by atoms with Gasteiger partial charge in [0.25, 0.3) is 0 Å². The maximum Gasteiger partial charge on any atom is 0.411 e. The Morgan fingerprint density at radius 3 is 2.62 bits per heavy atom. The number of anilines is 2. The Balaban J connectivity index is 1.96. The van der Waals surface area contributed by atoms with Crippen molar-refractivity contribution < 1.29 is 19.1 Å². The third-order valence-electron chi connectivity index (χ3n) is 2.89. The number of amides is 3. The molecule has 0 bridgehead atoms. The highest BCUT2D eigenvalue weighted by atomic mass is 16.5. The standard InChI is InChI=1S/C13H16N4O4/c1-21-13(20)17-9-4-2-3-8(5-9)16-12(19)10-6-15-11(18)7-14-10/h2-5,10,14H,6-7H2,1H3,(H,15,18)(H,16,19)(H,17,20). The molecule has 1 aliphatic heterocycles. The van der Waals surface area contributed by atoms with Crippen LogP contribution >= 0.6 is 0 Å². The van der Waals surface area contributed by atoms with Crippen molar-refractivity contribution in [3.8, 4) is 0 Å². The number of methoxy groups -OCH3 is 1. The van der Waals surface area contributed by atoms with Gasteiger partial charge in [-0.1, -0.05) is 6.07 Å². The zero-order valence-electron chi connectivity index (χ0n) is 11.4. The van der Waals surface area contributed by atoms with Crippen LogP contribution in [-0.4, -0.2) is 44.1 Å². The average Bonchev–Trinajstić information content (AvgIpc) is 2.48. The van der Waals surface area contributed by atoms with Gasteiger partial charge in [0, 0.05) is 17.9 Å². The third-order valence-corrected chi connectivity index (χ3v) is 2.89. The minimum absolute atomic E-state index is 0.113. The normalized spacial score (nSPS) is 17.6. The van der Waals surface area contributed by atoms with Gasteiger partial charge in [-0.15, -0.1) is 0 Å². The molecule has 112 valence electrons. The van der Waals surface area contributed by atoms with Crippen LogP contribution in [0.15, 0.2) is 24.3 Å². The van der Waals surface area contributed by atoms with Crippen molar-refractivity contribution in [3.05, 3.63) is 24.3 Å². The molecule has 8 heteroatoms. The third kappa shape index (κ3) is 4.18. The van der Waals surface area contributed by atoms with Gasteiger partial charge in [-0.3, -0.25) is 20.2 Å². The summed E-state index contributed by atoms with van der Waals surface area (Å²) in [6.45, 7) is 0.354. The van der Waals surface area contributed by atoms with E-state index in [1.165, 1.54) is 7.11 Å². The molecular formula is C13H16N4O4. The van der Waals surface area contributed by atoms with E-state index >= 15 is 0 Å².